The van der Waals surface area contributed by atoms with E-state index in [-0.39, 0.29) is 11.4 Å². The predicted octanol–water partition coefficient (Wildman–Crippen LogP) is 0.748. The molecule has 1 rings (SSSR count). The molecule has 0 atom stereocenters. The molecule has 1 heterocycles. The Balaban J connectivity index is 3.19. The molecule has 5 heteroatoms. The molecule has 0 saturated carbocycles. The van der Waals surface area contributed by atoms with Crippen LogP contribution in [0.15, 0.2) is 12.1 Å². The van der Waals surface area contributed by atoms with E-state index >= 15 is 0 Å². The van der Waals surface area contributed by atoms with Crippen molar-refractivity contribution in [3.63, 3.8) is 0 Å². The van der Waals surface area contributed by atoms with Gasteiger partial charge in [-0.25, -0.2) is 9.78 Å². The number of hydrogen-bond donors (Lipinski definition) is 0. The first kappa shape index (κ1) is 9.99. The summed E-state index contributed by atoms with van der Waals surface area (Å²) in [5.74, 6) is -0.197. The normalized spacial score (nSPS) is 8.93. The van der Waals surface area contributed by atoms with Gasteiger partial charge in [-0.1, -0.05) is 0 Å². The molecule has 0 bridgehead atoms. The number of nitriles is 1. The topological polar surface area (TPSA) is 72.2 Å². The summed E-state index contributed by atoms with van der Waals surface area (Å²) >= 11 is 0. The van der Waals surface area contributed by atoms with E-state index in [4.69, 9.17) is 10.00 Å². The smallest absolute Gasteiger partial charge is 0.356 e. The van der Waals surface area contributed by atoms with Gasteiger partial charge in [0.05, 0.1) is 14.2 Å². The zero-order valence-electron chi connectivity index (χ0n) is 7.77. The highest BCUT2D eigenvalue weighted by molar-refractivity contribution is 5.87. The third-order valence-electron chi connectivity index (χ3n) is 1.54. The minimum atomic E-state index is -0.597. The van der Waals surface area contributed by atoms with Crippen LogP contribution in [0.1, 0.15) is 16.2 Å². The van der Waals surface area contributed by atoms with Gasteiger partial charge in [0, 0.05) is 12.1 Å². The maximum absolute atomic E-state index is 11.1. The molecule has 0 spiro atoms. The lowest BCUT2D eigenvalue weighted by Gasteiger charge is -2.02. The number of hydrogen-bond acceptors (Lipinski definition) is 5. The predicted molar refractivity (Wildman–Crippen MR) is 46.8 cm³/mol. The van der Waals surface area contributed by atoms with E-state index in [9.17, 15) is 4.79 Å². The van der Waals surface area contributed by atoms with Crippen LogP contribution in [0.2, 0.25) is 0 Å². The third kappa shape index (κ3) is 1.98. The van der Waals surface area contributed by atoms with Crippen molar-refractivity contribution in [2.45, 2.75) is 0 Å². The molecule has 1 aromatic heterocycles. The van der Waals surface area contributed by atoms with E-state index in [1.807, 2.05) is 6.07 Å². The van der Waals surface area contributed by atoms with Crippen LogP contribution in [0, 0.1) is 11.3 Å². The monoisotopic (exact) mass is 192 g/mol. The Morgan fingerprint density at radius 3 is 2.71 bits per heavy atom. The van der Waals surface area contributed by atoms with Crippen molar-refractivity contribution in [2.75, 3.05) is 14.2 Å². The summed E-state index contributed by atoms with van der Waals surface area (Å²) in [6, 6.07) is 4.67. The molecule has 14 heavy (non-hydrogen) atoms. The minimum Gasteiger partial charge on any atom is -0.497 e. The fraction of sp³-hybridized carbons (Fsp3) is 0.222. The minimum absolute atomic E-state index is 0.0587. The van der Waals surface area contributed by atoms with Gasteiger partial charge in [-0.3, -0.25) is 0 Å². The highest BCUT2D eigenvalue weighted by Gasteiger charge is 2.10. The second-order valence-electron chi connectivity index (χ2n) is 2.38. The Kier molecular flexibility index (Phi) is 3.02. The Bertz CT molecular complexity index is 396. The maximum Gasteiger partial charge on any atom is 0.356 e. The molecule has 0 aliphatic rings. The van der Waals surface area contributed by atoms with Crippen molar-refractivity contribution in [1.82, 2.24) is 4.98 Å². The van der Waals surface area contributed by atoms with Crippen LogP contribution < -0.4 is 4.74 Å². The van der Waals surface area contributed by atoms with Crippen molar-refractivity contribution in [3.8, 4) is 11.8 Å². The van der Waals surface area contributed by atoms with Crippen LogP contribution in [0.5, 0.6) is 5.75 Å². The summed E-state index contributed by atoms with van der Waals surface area (Å²) < 4.78 is 9.36. The van der Waals surface area contributed by atoms with Gasteiger partial charge in [0.25, 0.3) is 0 Å². The van der Waals surface area contributed by atoms with Crippen molar-refractivity contribution >= 4 is 5.97 Å². The molecular formula is C9H8N2O3. The Morgan fingerprint density at radius 2 is 2.21 bits per heavy atom. The molecule has 0 saturated heterocycles. The third-order valence-corrected chi connectivity index (χ3v) is 1.54. The first-order valence-electron chi connectivity index (χ1n) is 3.75. The van der Waals surface area contributed by atoms with Crippen LogP contribution >= 0.6 is 0 Å². The molecule has 5 nitrogen and oxygen atoms in total. The second-order valence-corrected chi connectivity index (χ2v) is 2.38. The summed E-state index contributed by atoms with van der Waals surface area (Å²) in [7, 11) is 2.69. The summed E-state index contributed by atoms with van der Waals surface area (Å²) in [5.41, 5.74) is 0.174. The summed E-state index contributed by atoms with van der Waals surface area (Å²) in [5, 5.41) is 8.62. The summed E-state index contributed by atoms with van der Waals surface area (Å²) in [4.78, 5) is 14.9. The van der Waals surface area contributed by atoms with Gasteiger partial charge >= 0.3 is 5.97 Å². The molecule has 0 N–H and O–H groups in total. The van der Waals surface area contributed by atoms with Crippen LogP contribution in [-0.4, -0.2) is 25.2 Å². The van der Waals surface area contributed by atoms with E-state index < -0.39 is 5.97 Å². The van der Waals surface area contributed by atoms with E-state index in [0.717, 1.165) is 0 Å². The number of rotatable bonds is 2. The van der Waals surface area contributed by atoms with E-state index in [1.54, 1.807) is 0 Å². The SMILES string of the molecule is COC(=O)c1cc(OC)cc(C#N)n1. The quantitative estimate of drug-likeness (QED) is 0.646. The molecule has 0 aliphatic heterocycles. The lowest BCUT2D eigenvalue weighted by molar-refractivity contribution is 0.0593. The number of aromatic nitrogens is 1. The molecule has 0 aromatic carbocycles. The molecule has 0 amide bonds. The van der Waals surface area contributed by atoms with Crippen LogP contribution in [0.25, 0.3) is 0 Å². The largest absolute Gasteiger partial charge is 0.497 e. The lowest BCUT2D eigenvalue weighted by atomic mass is 10.3. The molecule has 0 fully saturated rings. The zero-order chi connectivity index (χ0) is 10.6. The Hall–Kier alpha value is -2.09. The summed E-state index contributed by atoms with van der Waals surface area (Å²) in [6.45, 7) is 0. The van der Waals surface area contributed by atoms with Crippen molar-refractivity contribution in [3.05, 3.63) is 23.5 Å². The molecule has 0 unspecified atom stereocenters. The molecule has 0 aliphatic carbocycles. The van der Waals surface area contributed by atoms with Crippen molar-refractivity contribution in [2.24, 2.45) is 0 Å². The average molecular weight is 192 g/mol. The van der Waals surface area contributed by atoms with Gasteiger partial charge in [0.2, 0.25) is 0 Å². The fourth-order valence-corrected chi connectivity index (χ4v) is 0.890. The van der Waals surface area contributed by atoms with Gasteiger partial charge in [-0.2, -0.15) is 5.26 Å². The number of ether oxygens (including phenoxy) is 2. The van der Waals surface area contributed by atoms with Crippen LogP contribution in [0.4, 0.5) is 0 Å². The molecule has 0 radical (unpaired) electrons. The van der Waals surface area contributed by atoms with Gasteiger partial charge in [0.1, 0.15) is 17.5 Å². The number of carbonyl (C=O) groups excluding carboxylic acids is 1. The Morgan fingerprint density at radius 1 is 1.50 bits per heavy atom. The zero-order valence-corrected chi connectivity index (χ0v) is 7.77. The highest BCUT2D eigenvalue weighted by Crippen LogP contribution is 2.13. The number of esters is 1. The standard InChI is InChI=1S/C9H8N2O3/c1-13-7-3-6(5-10)11-8(4-7)9(12)14-2/h3-4H,1-2H3. The fourth-order valence-electron chi connectivity index (χ4n) is 0.890. The molecular weight excluding hydrogens is 184 g/mol. The number of methoxy groups -OCH3 is 2. The van der Waals surface area contributed by atoms with E-state index in [0.29, 0.717) is 5.75 Å². The van der Waals surface area contributed by atoms with Crippen molar-refractivity contribution < 1.29 is 14.3 Å². The van der Waals surface area contributed by atoms with Gasteiger partial charge in [-0.15, -0.1) is 0 Å². The number of pyridine rings is 1. The van der Waals surface area contributed by atoms with Crippen LogP contribution in [-0.2, 0) is 4.74 Å². The van der Waals surface area contributed by atoms with Crippen LogP contribution in [0.3, 0.4) is 0 Å². The first-order chi connectivity index (χ1) is 6.71. The molecule has 1 aromatic rings. The highest BCUT2D eigenvalue weighted by atomic mass is 16.5. The van der Waals surface area contributed by atoms with Crippen molar-refractivity contribution in [1.29, 1.82) is 5.26 Å². The van der Waals surface area contributed by atoms with Gasteiger partial charge in [-0.05, 0) is 0 Å². The lowest BCUT2D eigenvalue weighted by Crippen LogP contribution is -2.05. The summed E-state index contributed by atoms with van der Waals surface area (Å²) in [6.07, 6.45) is 0. The Labute approximate surface area is 80.9 Å². The van der Waals surface area contributed by atoms with Gasteiger partial charge < -0.3 is 9.47 Å². The molecule has 72 valence electrons. The first-order valence-corrected chi connectivity index (χ1v) is 3.75. The van der Waals surface area contributed by atoms with E-state index in [2.05, 4.69) is 9.72 Å². The number of nitrogens with zero attached hydrogens (tertiary/aromatic N) is 2. The van der Waals surface area contributed by atoms with Gasteiger partial charge in [0.15, 0.2) is 5.69 Å². The number of carbonyl (C=O) groups is 1. The maximum atomic E-state index is 11.1. The average Bonchev–Trinajstić information content (AvgIpc) is 2.27. The van der Waals surface area contributed by atoms with E-state index in [1.165, 1.54) is 26.4 Å². The second kappa shape index (κ2) is 4.23.